The van der Waals surface area contributed by atoms with Gasteiger partial charge in [0.1, 0.15) is 0 Å². The van der Waals surface area contributed by atoms with Gasteiger partial charge < -0.3 is 4.74 Å². The molecule has 0 saturated carbocycles. The molecule has 1 amide bonds. The molecule has 0 aromatic heterocycles. The van der Waals surface area contributed by atoms with Crippen LogP contribution >= 0.6 is 0 Å². The van der Waals surface area contributed by atoms with Gasteiger partial charge in [-0.25, -0.2) is 5.84 Å². The van der Waals surface area contributed by atoms with Gasteiger partial charge in [-0.15, -0.1) is 0 Å². The number of carbonyl (C=O) groups excluding carboxylic acids is 1. The van der Waals surface area contributed by atoms with E-state index in [9.17, 15) is 4.79 Å². The lowest BCUT2D eigenvalue weighted by molar-refractivity contribution is -0.121. The van der Waals surface area contributed by atoms with Crippen LogP contribution in [-0.4, -0.2) is 18.6 Å². The van der Waals surface area contributed by atoms with Crippen molar-refractivity contribution in [2.24, 2.45) is 5.84 Å². The molecule has 0 bridgehead atoms. The number of rotatable bonds is 11. The minimum absolute atomic E-state index is 0.125. The highest BCUT2D eigenvalue weighted by atomic mass is 16.5. The molecule has 0 aromatic rings. The fourth-order valence-corrected chi connectivity index (χ4v) is 1.66. The summed E-state index contributed by atoms with van der Waals surface area (Å²) in [5.74, 6) is 4.87. The standard InChI is InChI=1S/C13H28N2O2/c1-3-4-5-6-7-8-11-17-12(2)9-10-13(16)15-14/h12H,3-11,14H2,1-2H3,(H,15,16). The van der Waals surface area contributed by atoms with Crippen molar-refractivity contribution >= 4 is 5.91 Å². The Kier molecular flexibility index (Phi) is 11.4. The first-order chi connectivity index (χ1) is 8.20. The molecule has 0 aliphatic heterocycles. The second-order valence-corrected chi connectivity index (χ2v) is 4.56. The zero-order valence-corrected chi connectivity index (χ0v) is 11.3. The highest BCUT2D eigenvalue weighted by Crippen LogP contribution is 2.07. The number of unbranched alkanes of at least 4 members (excludes halogenated alkanes) is 5. The van der Waals surface area contributed by atoms with Gasteiger partial charge >= 0.3 is 0 Å². The van der Waals surface area contributed by atoms with E-state index in [0.717, 1.165) is 19.4 Å². The predicted octanol–water partition coefficient (Wildman–Crippen LogP) is 2.52. The molecule has 1 atom stereocenters. The van der Waals surface area contributed by atoms with Crippen LogP contribution in [0.3, 0.4) is 0 Å². The Morgan fingerprint density at radius 3 is 2.53 bits per heavy atom. The van der Waals surface area contributed by atoms with E-state index in [4.69, 9.17) is 10.6 Å². The number of hydrogen-bond acceptors (Lipinski definition) is 3. The maximum Gasteiger partial charge on any atom is 0.233 e. The van der Waals surface area contributed by atoms with Crippen molar-refractivity contribution in [2.75, 3.05) is 6.61 Å². The Balaban J connectivity index is 3.21. The van der Waals surface area contributed by atoms with Crippen LogP contribution in [0, 0.1) is 0 Å². The number of nitrogens with two attached hydrogens (primary N) is 1. The lowest BCUT2D eigenvalue weighted by Gasteiger charge is -2.12. The number of hydrazine groups is 1. The van der Waals surface area contributed by atoms with E-state index in [0.29, 0.717) is 6.42 Å². The normalized spacial score (nSPS) is 12.4. The fraction of sp³-hybridized carbons (Fsp3) is 0.923. The van der Waals surface area contributed by atoms with Gasteiger partial charge in [0.2, 0.25) is 5.91 Å². The van der Waals surface area contributed by atoms with Crippen molar-refractivity contribution in [3.8, 4) is 0 Å². The highest BCUT2D eigenvalue weighted by Gasteiger charge is 2.05. The Labute approximate surface area is 105 Å². The first-order valence-electron chi connectivity index (χ1n) is 6.81. The molecule has 0 radical (unpaired) electrons. The quantitative estimate of drug-likeness (QED) is 0.254. The third-order valence-electron chi connectivity index (χ3n) is 2.84. The second-order valence-electron chi connectivity index (χ2n) is 4.56. The van der Waals surface area contributed by atoms with Crippen LogP contribution in [-0.2, 0) is 9.53 Å². The lowest BCUT2D eigenvalue weighted by Crippen LogP contribution is -2.30. The molecule has 0 aliphatic rings. The number of ether oxygens (including phenoxy) is 1. The molecule has 0 aromatic carbocycles. The maximum absolute atomic E-state index is 10.9. The Bertz CT molecular complexity index is 186. The zero-order valence-electron chi connectivity index (χ0n) is 11.3. The van der Waals surface area contributed by atoms with Gasteiger partial charge in [-0.1, -0.05) is 39.0 Å². The SMILES string of the molecule is CCCCCCCCOC(C)CCC(=O)NN. The molecule has 102 valence electrons. The summed E-state index contributed by atoms with van der Waals surface area (Å²) in [5.41, 5.74) is 2.12. The second kappa shape index (κ2) is 11.9. The summed E-state index contributed by atoms with van der Waals surface area (Å²) in [4.78, 5) is 10.9. The van der Waals surface area contributed by atoms with Crippen molar-refractivity contribution in [2.45, 2.75) is 71.3 Å². The first-order valence-corrected chi connectivity index (χ1v) is 6.81. The number of amides is 1. The van der Waals surface area contributed by atoms with Crippen LogP contribution in [0.1, 0.15) is 65.2 Å². The molecule has 0 heterocycles. The minimum atomic E-state index is -0.125. The van der Waals surface area contributed by atoms with Crippen molar-refractivity contribution in [3.63, 3.8) is 0 Å². The van der Waals surface area contributed by atoms with E-state index in [1.54, 1.807) is 0 Å². The van der Waals surface area contributed by atoms with Crippen molar-refractivity contribution in [1.29, 1.82) is 0 Å². The van der Waals surface area contributed by atoms with Gasteiger partial charge in [-0.3, -0.25) is 10.2 Å². The topological polar surface area (TPSA) is 64.3 Å². The Morgan fingerprint density at radius 2 is 1.88 bits per heavy atom. The Hall–Kier alpha value is -0.610. The van der Waals surface area contributed by atoms with Gasteiger partial charge in [-0.05, 0) is 19.8 Å². The van der Waals surface area contributed by atoms with E-state index in [-0.39, 0.29) is 12.0 Å². The number of nitrogens with one attached hydrogen (secondary N) is 1. The molecule has 0 fully saturated rings. The molecule has 0 saturated heterocycles. The average molecular weight is 244 g/mol. The van der Waals surface area contributed by atoms with E-state index in [1.165, 1.54) is 32.1 Å². The largest absolute Gasteiger partial charge is 0.378 e. The zero-order chi connectivity index (χ0) is 12.9. The van der Waals surface area contributed by atoms with Crippen LogP contribution in [0.4, 0.5) is 0 Å². The van der Waals surface area contributed by atoms with Crippen LogP contribution in [0.2, 0.25) is 0 Å². The summed E-state index contributed by atoms with van der Waals surface area (Å²) < 4.78 is 5.62. The van der Waals surface area contributed by atoms with Gasteiger partial charge in [0, 0.05) is 13.0 Å². The molecule has 4 nitrogen and oxygen atoms in total. The van der Waals surface area contributed by atoms with Gasteiger partial charge in [-0.2, -0.15) is 0 Å². The molecular weight excluding hydrogens is 216 g/mol. The van der Waals surface area contributed by atoms with Crippen LogP contribution in [0.5, 0.6) is 0 Å². The monoisotopic (exact) mass is 244 g/mol. The molecule has 0 spiro atoms. The third kappa shape index (κ3) is 11.6. The summed E-state index contributed by atoms with van der Waals surface area (Å²) in [7, 11) is 0. The maximum atomic E-state index is 10.9. The number of hydrogen-bond donors (Lipinski definition) is 2. The van der Waals surface area contributed by atoms with Gasteiger partial charge in [0.25, 0.3) is 0 Å². The highest BCUT2D eigenvalue weighted by molar-refractivity contribution is 5.75. The van der Waals surface area contributed by atoms with Crippen molar-refractivity contribution < 1.29 is 9.53 Å². The lowest BCUT2D eigenvalue weighted by atomic mass is 10.1. The molecule has 0 rings (SSSR count). The van der Waals surface area contributed by atoms with Crippen LogP contribution in [0.15, 0.2) is 0 Å². The van der Waals surface area contributed by atoms with E-state index in [2.05, 4.69) is 12.3 Å². The summed E-state index contributed by atoms with van der Waals surface area (Å²) in [6.07, 6.45) is 8.95. The van der Waals surface area contributed by atoms with Gasteiger partial charge in [0.05, 0.1) is 6.10 Å². The van der Waals surface area contributed by atoms with Gasteiger partial charge in [0.15, 0.2) is 0 Å². The third-order valence-corrected chi connectivity index (χ3v) is 2.84. The van der Waals surface area contributed by atoms with Crippen molar-refractivity contribution in [3.05, 3.63) is 0 Å². The predicted molar refractivity (Wildman–Crippen MR) is 70.4 cm³/mol. The summed E-state index contributed by atoms with van der Waals surface area (Å²) >= 11 is 0. The van der Waals surface area contributed by atoms with E-state index in [1.807, 2.05) is 6.92 Å². The van der Waals surface area contributed by atoms with Crippen LogP contribution in [0.25, 0.3) is 0 Å². The van der Waals surface area contributed by atoms with E-state index < -0.39 is 0 Å². The Morgan fingerprint density at radius 1 is 1.24 bits per heavy atom. The summed E-state index contributed by atoms with van der Waals surface area (Å²) in [6, 6.07) is 0. The summed E-state index contributed by atoms with van der Waals surface area (Å²) in [5, 5.41) is 0. The van der Waals surface area contributed by atoms with Crippen molar-refractivity contribution in [1.82, 2.24) is 5.43 Å². The molecule has 17 heavy (non-hydrogen) atoms. The van der Waals surface area contributed by atoms with E-state index >= 15 is 0 Å². The smallest absolute Gasteiger partial charge is 0.233 e. The molecule has 4 heteroatoms. The average Bonchev–Trinajstić information content (AvgIpc) is 2.34. The minimum Gasteiger partial charge on any atom is -0.378 e. The first kappa shape index (κ1) is 16.4. The van der Waals surface area contributed by atoms with Crippen LogP contribution < -0.4 is 11.3 Å². The molecule has 1 unspecified atom stereocenters. The number of carbonyl (C=O) groups is 1. The molecular formula is C13H28N2O2. The molecule has 3 N–H and O–H groups in total. The molecule has 0 aliphatic carbocycles. The fourth-order valence-electron chi connectivity index (χ4n) is 1.66. The summed E-state index contributed by atoms with van der Waals surface area (Å²) in [6.45, 7) is 5.03.